The molecule has 1 aromatic heterocycles. The van der Waals surface area contributed by atoms with E-state index in [2.05, 4.69) is 26.0 Å². The molecule has 0 N–H and O–H groups in total. The average molecular weight is 484 g/mol. The summed E-state index contributed by atoms with van der Waals surface area (Å²) in [6, 6.07) is 11.0. The highest BCUT2D eigenvalue weighted by molar-refractivity contribution is 9.10. The van der Waals surface area contributed by atoms with Crippen LogP contribution < -0.4 is 10.3 Å². The standard InChI is InChI=1S/C21H18BrN5O4/c1-3-13(2)20-25-18-6-4-15(22)11-17(18)21(28)26(20)24-12-14-10-16(27(29)30)5-7-19(14)31-9-8-23/h4-7,10-13H,3,9H2,1-2H3/t13-/m0/s1. The summed E-state index contributed by atoms with van der Waals surface area (Å²) in [6.45, 7) is 3.68. The summed E-state index contributed by atoms with van der Waals surface area (Å²) in [6.07, 6.45) is 2.04. The molecule has 0 saturated carbocycles. The summed E-state index contributed by atoms with van der Waals surface area (Å²) in [4.78, 5) is 28.4. The Bertz CT molecular complexity index is 1280. The van der Waals surface area contributed by atoms with Gasteiger partial charge in [0.1, 0.15) is 17.6 Å². The number of nitro groups is 1. The third-order valence-corrected chi connectivity index (χ3v) is 5.19. The molecular formula is C21H18BrN5O4. The van der Waals surface area contributed by atoms with Crippen LogP contribution in [0.2, 0.25) is 0 Å². The van der Waals surface area contributed by atoms with Crippen LogP contribution in [0.25, 0.3) is 10.9 Å². The van der Waals surface area contributed by atoms with E-state index in [1.165, 1.54) is 29.1 Å². The van der Waals surface area contributed by atoms with E-state index in [1.807, 2.05) is 26.0 Å². The molecule has 10 heteroatoms. The fourth-order valence-corrected chi connectivity index (χ4v) is 3.25. The van der Waals surface area contributed by atoms with Gasteiger partial charge in [-0.3, -0.25) is 14.9 Å². The van der Waals surface area contributed by atoms with Crippen molar-refractivity contribution in [3.63, 3.8) is 0 Å². The lowest BCUT2D eigenvalue weighted by Gasteiger charge is -2.14. The molecule has 0 radical (unpaired) electrons. The van der Waals surface area contributed by atoms with Crippen molar-refractivity contribution in [1.29, 1.82) is 5.26 Å². The molecule has 158 valence electrons. The molecule has 0 fully saturated rings. The van der Waals surface area contributed by atoms with E-state index < -0.39 is 4.92 Å². The van der Waals surface area contributed by atoms with Crippen molar-refractivity contribution in [3.8, 4) is 11.8 Å². The summed E-state index contributed by atoms with van der Waals surface area (Å²) >= 11 is 3.36. The van der Waals surface area contributed by atoms with Crippen LogP contribution in [0.15, 0.2) is 50.8 Å². The lowest BCUT2D eigenvalue weighted by atomic mass is 10.1. The normalized spacial score (nSPS) is 12.1. The van der Waals surface area contributed by atoms with Gasteiger partial charge in [-0.05, 0) is 30.7 Å². The minimum Gasteiger partial charge on any atom is -0.478 e. The molecule has 0 saturated heterocycles. The number of rotatable bonds is 7. The molecule has 0 bridgehead atoms. The van der Waals surface area contributed by atoms with Gasteiger partial charge in [0.05, 0.1) is 22.0 Å². The van der Waals surface area contributed by atoms with E-state index in [9.17, 15) is 14.9 Å². The van der Waals surface area contributed by atoms with Crippen LogP contribution in [0.3, 0.4) is 0 Å². The highest BCUT2D eigenvalue weighted by Gasteiger charge is 2.16. The Kier molecular flexibility index (Phi) is 6.77. The molecule has 0 spiro atoms. The van der Waals surface area contributed by atoms with Gasteiger partial charge in [0.15, 0.2) is 6.61 Å². The van der Waals surface area contributed by atoms with Crippen LogP contribution in [0, 0.1) is 21.4 Å². The highest BCUT2D eigenvalue weighted by atomic mass is 79.9. The number of hydrogen-bond donors (Lipinski definition) is 0. The Morgan fingerprint density at radius 2 is 2.16 bits per heavy atom. The number of fused-ring (bicyclic) bond motifs is 1. The molecule has 0 aliphatic rings. The molecule has 31 heavy (non-hydrogen) atoms. The van der Waals surface area contributed by atoms with E-state index in [1.54, 1.807) is 12.1 Å². The maximum Gasteiger partial charge on any atom is 0.282 e. The summed E-state index contributed by atoms with van der Waals surface area (Å²) in [5.41, 5.74) is 0.299. The largest absolute Gasteiger partial charge is 0.478 e. The van der Waals surface area contributed by atoms with Crippen LogP contribution >= 0.6 is 15.9 Å². The monoisotopic (exact) mass is 483 g/mol. The van der Waals surface area contributed by atoms with Gasteiger partial charge in [-0.25, -0.2) is 4.98 Å². The first-order chi connectivity index (χ1) is 14.8. The maximum absolute atomic E-state index is 13.2. The molecule has 1 heterocycles. The van der Waals surface area contributed by atoms with Gasteiger partial charge in [-0.1, -0.05) is 29.8 Å². The van der Waals surface area contributed by atoms with Crippen molar-refractivity contribution in [1.82, 2.24) is 9.66 Å². The van der Waals surface area contributed by atoms with Crippen molar-refractivity contribution in [2.75, 3.05) is 6.61 Å². The third kappa shape index (κ3) is 4.78. The molecular weight excluding hydrogens is 466 g/mol. The topological polar surface area (TPSA) is 123 Å². The minimum atomic E-state index is -0.544. The molecule has 0 unspecified atom stereocenters. The average Bonchev–Trinajstić information content (AvgIpc) is 2.76. The van der Waals surface area contributed by atoms with Crippen molar-refractivity contribution < 1.29 is 9.66 Å². The van der Waals surface area contributed by atoms with E-state index in [0.29, 0.717) is 16.7 Å². The zero-order chi connectivity index (χ0) is 22.5. The predicted molar refractivity (Wildman–Crippen MR) is 120 cm³/mol. The van der Waals surface area contributed by atoms with Gasteiger partial charge in [0.25, 0.3) is 11.2 Å². The number of nitro benzene ring substituents is 1. The number of benzene rings is 2. The van der Waals surface area contributed by atoms with Crippen LogP contribution in [0.4, 0.5) is 5.69 Å². The number of nitrogens with zero attached hydrogens (tertiary/aromatic N) is 5. The van der Waals surface area contributed by atoms with Gasteiger partial charge in [0.2, 0.25) is 0 Å². The van der Waals surface area contributed by atoms with Crippen molar-refractivity contribution in [2.24, 2.45) is 5.10 Å². The van der Waals surface area contributed by atoms with Crippen molar-refractivity contribution in [2.45, 2.75) is 26.2 Å². The molecule has 9 nitrogen and oxygen atoms in total. The molecule has 0 aliphatic carbocycles. The van der Waals surface area contributed by atoms with E-state index in [0.717, 1.165) is 10.9 Å². The molecule has 0 amide bonds. The second-order valence-electron chi connectivity index (χ2n) is 6.73. The van der Waals surface area contributed by atoms with Crippen LogP contribution in [-0.2, 0) is 0 Å². The summed E-state index contributed by atoms with van der Waals surface area (Å²) < 4.78 is 7.28. The van der Waals surface area contributed by atoms with Gasteiger partial charge in [-0.15, -0.1) is 0 Å². The lowest BCUT2D eigenvalue weighted by Crippen LogP contribution is -2.23. The number of nitriles is 1. The van der Waals surface area contributed by atoms with Gasteiger partial charge >= 0.3 is 0 Å². The number of aromatic nitrogens is 2. The maximum atomic E-state index is 13.2. The summed E-state index contributed by atoms with van der Waals surface area (Å²) in [7, 11) is 0. The predicted octanol–water partition coefficient (Wildman–Crippen LogP) is 4.37. The zero-order valence-corrected chi connectivity index (χ0v) is 18.4. The number of ether oxygens (including phenoxy) is 1. The highest BCUT2D eigenvalue weighted by Crippen LogP contribution is 2.24. The smallest absolute Gasteiger partial charge is 0.282 e. The molecule has 3 rings (SSSR count). The Hall–Kier alpha value is -3.58. The SMILES string of the molecule is CC[C@H](C)c1nc2ccc(Br)cc2c(=O)n1N=Cc1cc([N+](=O)[O-])ccc1OCC#N. The number of non-ortho nitro benzene ring substituents is 1. The molecule has 3 aromatic rings. The van der Waals surface area contributed by atoms with Gasteiger partial charge < -0.3 is 4.74 Å². The number of hydrogen-bond acceptors (Lipinski definition) is 7. The fraction of sp³-hybridized carbons (Fsp3) is 0.238. The van der Waals surface area contributed by atoms with Gasteiger partial charge in [-0.2, -0.15) is 15.0 Å². The molecule has 1 atom stereocenters. The van der Waals surface area contributed by atoms with Crippen molar-refractivity contribution >= 4 is 38.7 Å². The second-order valence-corrected chi connectivity index (χ2v) is 7.64. The van der Waals surface area contributed by atoms with Crippen LogP contribution in [0.5, 0.6) is 5.75 Å². The Labute approximate surface area is 185 Å². The first-order valence-electron chi connectivity index (χ1n) is 9.40. The molecule has 2 aromatic carbocycles. The van der Waals surface area contributed by atoms with Gasteiger partial charge in [0, 0.05) is 28.1 Å². The Morgan fingerprint density at radius 3 is 2.84 bits per heavy atom. The summed E-state index contributed by atoms with van der Waals surface area (Å²) in [5, 5.41) is 24.6. The fourth-order valence-electron chi connectivity index (χ4n) is 2.89. The first kappa shape index (κ1) is 22.1. The zero-order valence-electron chi connectivity index (χ0n) is 16.8. The molecule has 0 aliphatic heterocycles. The third-order valence-electron chi connectivity index (χ3n) is 4.70. The quantitative estimate of drug-likeness (QED) is 0.279. The Balaban J connectivity index is 2.19. The minimum absolute atomic E-state index is 0.0580. The Morgan fingerprint density at radius 1 is 1.39 bits per heavy atom. The van der Waals surface area contributed by atoms with E-state index in [-0.39, 0.29) is 35.1 Å². The van der Waals surface area contributed by atoms with Crippen LogP contribution in [-0.4, -0.2) is 27.4 Å². The van der Waals surface area contributed by atoms with Crippen LogP contribution in [0.1, 0.15) is 37.6 Å². The lowest BCUT2D eigenvalue weighted by molar-refractivity contribution is -0.384. The first-order valence-corrected chi connectivity index (χ1v) is 10.2. The van der Waals surface area contributed by atoms with E-state index in [4.69, 9.17) is 10.00 Å². The number of halogens is 1. The van der Waals surface area contributed by atoms with E-state index >= 15 is 0 Å². The van der Waals surface area contributed by atoms with Crippen molar-refractivity contribution in [3.05, 3.63) is 72.7 Å². The summed E-state index contributed by atoms with van der Waals surface area (Å²) in [5.74, 6) is 0.659. The second kappa shape index (κ2) is 9.49.